The van der Waals surface area contributed by atoms with Gasteiger partial charge < -0.3 is 10.9 Å². The van der Waals surface area contributed by atoms with Crippen LogP contribution in [-0.4, -0.2) is 33.2 Å². The van der Waals surface area contributed by atoms with Gasteiger partial charge in [-0.05, 0) is 24.6 Å². The van der Waals surface area contributed by atoms with Gasteiger partial charge in [0, 0.05) is 31.5 Å². The number of nitrogens with two attached hydrogens (primary N) is 1. The van der Waals surface area contributed by atoms with Crippen molar-refractivity contribution in [3.05, 3.63) is 47.8 Å². The zero-order valence-corrected chi connectivity index (χ0v) is 16.2. The minimum absolute atomic E-state index is 0. The van der Waals surface area contributed by atoms with E-state index in [0.717, 1.165) is 5.56 Å². The number of aromatic nitrogens is 5. The molecular weight excluding hydrogens is 502 g/mol. The van der Waals surface area contributed by atoms with Crippen molar-refractivity contribution < 1.29 is 29.5 Å². The van der Waals surface area contributed by atoms with Crippen molar-refractivity contribution in [2.24, 2.45) is 0 Å². The molecule has 0 unspecified atom stereocenters. The van der Waals surface area contributed by atoms with E-state index in [9.17, 15) is 8.42 Å². The summed E-state index contributed by atoms with van der Waals surface area (Å²) in [5.41, 5.74) is 7.57. The van der Waals surface area contributed by atoms with Crippen LogP contribution >= 0.6 is 0 Å². The van der Waals surface area contributed by atoms with E-state index in [2.05, 4.69) is 20.1 Å². The van der Waals surface area contributed by atoms with Gasteiger partial charge in [-0.25, -0.2) is 23.4 Å². The first kappa shape index (κ1) is 18.2. The number of anilines is 1. The third kappa shape index (κ3) is 3.50. The Bertz CT molecular complexity index is 974. The van der Waals surface area contributed by atoms with Crippen LogP contribution in [0.5, 0.6) is 0 Å². The molecule has 0 aliphatic heterocycles. The van der Waals surface area contributed by atoms with Gasteiger partial charge in [-0.1, -0.05) is 6.07 Å². The van der Waals surface area contributed by atoms with E-state index >= 15 is 0 Å². The average Bonchev–Trinajstić information content (AvgIpc) is 3.01. The van der Waals surface area contributed by atoms with E-state index in [1.54, 1.807) is 6.07 Å². The SMILES string of the molecule is Cc1ccc(S([NH-])(=O)=O)cc1-c1cnc(N)c(-n2cncn2)n1.[W]. The van der Waals surface area contributed by atoms with E-state index in [4.69, 9.17) is 10.9 Å². The van der Waals surface area contributed by atoms with Gasteiger partial charge in [0.05, 0.1) is 21.9 Å². The van der Waals surface area contributed by atoms with Crippen molar-refractivity contribution in [1.82, 2.24) is 24.7 Å². The second kappa shape index (κ2) is 6.76. The third-order valence-electron chi connectivity index (χ3n) is 3.21. The minimum Gasteiger partial charge on any atom is -0.560 e. The molecule has 0 saturated carbocycles. The van der Waals surface area contributed by atoms with E-state index < -0.39 is 10.0 Å². The molecule has 3 rings (SSSR count). The Morgan fingerprint density at radius 1 is 1.29 bits per heavy atom. The van der Waals surface area contributed by atoms with Gasteiger partial charge in [0.1, 0.15) is 12.7 Å². The van der Waals surface area contributed by atoms with Gasteiger partial charge >= 0.3 is 0 Å². The van der Waals surface area contributed by atoms with Crippen LogP contribution in [0, 0.1) is 6.92 Å². The summed E-state index contributed by atoms with van der Waals surface area (Å²) in [6.07, 6.45) is 4.21. The molecule has 0 amide bonds. The Hall–Kier alpha value is -2.16. The first-order chi connectivity index (χ1) is 10.9. The number of sulfonamides is 1. The smallest absolute Gasteiger partial charge is 0.198 e. The number of rotatable bonds is 3. The van der Waals surface area contributed by atoms with Gasteiger partial charge in [-0.2, -0.15) is 9.78 Å². The van der Waals surface area contributed by atoms with Gasteiger partial charge in [0.2, 0.25) is 0 Å². The Morgan fingerprint density at radius 2 is 2.04 bits per heavy atom. The minimum atomic E-state index is -4.06. The number of nitrogens with one attached hydrogen (secondary N) is 1. The largest absolute Gasteiger partial charge is 0.560 e. The normalized spacial score (nSPS) is 11.1. The van der Waals surface area contributed by atoms with Crippen molar-refractivity contribution in [2.45, 2.75) is 11.8 Å². The zero-order chi connectivity index (χ0) is 16.6. The maximum Gasteiger partial charge on any atom is 0.198 e. The molecule has 3 aromatic rings. The molecule has 2 aromatic heterocycles. The maximum atomic E-state index is 11.4. The van der Waals surface area contributed by atoms with Crippen LogP contribution in [0.4, 0.5) is 5.82 Å². The van der Waals surface area contributed by atoms with Crippen molar-refractivity contribution in [1.29, 1.82) is 0 Å². The Kier molecular flexibility index (Phi) is 5.12. The van der Waals surface area contributed by atoms with Gasteiger partial charge in [-0.15, -0.1) is 0 Å². The molecule has 0 atom stereocenters. The van der Waals surface area contributed by atoms with Crippen molar-refractivity contribution in [3.63, 3.8) is 0 Å². The van der Waals surface area contributed by atoms with Crippen LogP contribution in [-0.2, 0) is 31.1 Å². The summed E-state index contributed by atoms with van der Waals surface area (Å²) in [6.45, 7) is 1.81. The second-order valence-corrected chi connectivity index (χ2v) is 6.26. The first-order valence-electron chi connectivity index (χ1n) is 6.44. The van der Waals surface area contributed by atoms with Gasteiger partial charge in [0.15, 0.2) is 11.6 Å². The number of hydrogen-bond donors (Lipinski definition) is 1. The molecule has 0 saturated heterocycles. The third-order valence-corrected chi connectivity index (χ3v) is 4.09. The quantitative estimate of drug-likeness (QED) is 0.557. The molecule has 11 heteroatoms. The van der Waals surface area contributed by atoms with Crippen LogP contribution in [0.1, 0.15) is 5.56 Å². The molecular formula is C13H12N7O2SW-. The average molecular weight is 514 g/mol. The fourth-order valence-corrected chi connectivity index (χ4v) is 2.57. The van der Waals surface area contributed by atoms with Gasteiger partial charge in [-0.3, -0.25) is 0 Å². The molecule has 0 bridgehead atoms. The molecule has 0 aliphatic carbocycles. The summed E-state index contributed by atoms with van der Waals surface area (Å²) in [4.78, 5) is 12.2. The summed E-state index contributed by atoms with van der Waals surface area (Å²) in [5, 5.41) is 11.1. The molecule has 0 radical (unpaired) electrons. The Morgan fingerprint density at radius 3 is 2.67 bits per heavy atom. The van der Waals surface area contributed by atoms with E-state index in [1.165, 1.54) is 35.7 Å². The Balaban J connectivity index is 0.00000208. The van der Waals surface area contributed by atoms with Crippen molar-refractivity contribution in [2.75, 3.05) is 5.73 Å². The van der Waals surface area contributed by atoms with Crippen LogP contribution < -0.4 is 5.73 Å². The molecule has 3 N–H and O–H groups in total. The van der Waals surface area contributed by atoms with Gasteiger partial charge in [0.25, 0.3) is 0 Å². The number of nitrogen functional groups attached to an aromatic ring is 1. The van der Waals surface area contributed by atoms with E-state index in [-0.39, 0.29) is 31.8 Å². The molecule has 0 fully saturated rings. The molecule has 9 nitrogen and oxygen atoms in total. The molecule has 1 aromatic carbocycles. The first-order valence-corrected chi connectivity index (χ1v) is 7.93. The predicted molar refractivity (Wildman–Crippen MR) is 83.0 cm³/mol. The van der Waals surface area contributed by atoms with E-state index in [1.807, 2.05) is 6.92 Å². The van der Waals surface area contributed by atoms with Crippen molar-refractivity contribution >= 4 is 15.8 Å². The zero-order valence-electron chi connectivity index (χ0n) is 12.4. The topological polar surface area (TPSA) is 140 Å². The summed E-state index contributed by atoms with van der Waals surface area (Å²) < 4.78 is 24.2. The fraction of sp³-hybridized carbons (Fsp3) is 0.0769. The molecule has 0 spiro atoms. The maximum absolute atomic E-state index is 11.4. The number of hydrogen-bond acceptors (Lipinski definition) is 7. The summed E-state index contributed by atoms with van der Waals surface area (Å²) in [6, 6.07) is 4.39. The number of benzene rings is 1. The van der Waals surface area contributed by atoms with E-state index in [0.29, 0.717) is 17.1 Å². The fourth-order valence-electron chi connectivity index (χ4n) is 2.05. The number of aryl methyl sites for hydroxylation is 1. The van der Waals surface area contributed by atoms with Crippen LogP contribution in [0.3, 0.4) is 0 Å². The van der Waals surface area contributed by atoms with Crippen LogP contribution in [0.25, 0.3) is 22.2 Å². The molecule has 24 heavy (non-hydrogen) atoms. The number of nitrogens with zero attached hydrogens (tertiary/aromatic N) is 5. The molecule has 2 heterocycles. The summed E-state index contributed by atoms with van der Waals surface area (Å²) >= 11 is 0. The standard InChI is InChI=1S/C13H12N7O2S.W/c1-8-2-3-9(23(15,21)22)4-10(8)11-5-17-12(14)13(19-11)20-7-16-6-18-20;/h2-7H,1H3,(H3-,14,15,17,21,22);/q-1;. The van der Waals surface area contributed by atoms with Crippen molar-refractivity contribution in [3.8, 4) is 17.1 Å². The predicted octanol–water partition coefficient (Wildman–Crippen LogP) is 1.35. The molecule has 0 aliphatic rings. The summed E-state index contributed by atoms with van der Waals surface area (Å²) in [7, 11) is -4.06. The second-order valence-electron chi connectivity index (χ2n) is 4.78. The Labute approximate surface area is 152 Å². The summed E-state index contributed by atoms with van der Waals surface area (Å²) in [5.74, 6) is 0.458. The monoisotopic (exact) mass is 514 g/mol. The van der Waals surface area contributed by atoms with Crippen LogP contribution in [0.15, 0.2) is 41.9 Å². The molecule has 124 valence electrons. The van der Waals surface area contributed by atoms with Crippen LogP contribution in [0.2, 0.25) is 0 Å².